The van der Waals surface area contributed by atoms with Crippen LogP contribution in [0, 0.1) is 0 Å². The molecule has 0 spiro atoms. The van der Waals surface area contributed by atoms with Gasteiger partial charge in [-0.05, 0) is 53.2 Å². The van der Waals surface area contributed by atoms with E-state index in [0.717, 1.165) is 22.9 Å². The number of rotatable bonds is 3. The van der Waals surface area contributed by atoms with Gasteiger partial charge in [-0.3, -0.25) is 14.5 Å². The predicted molar refractivity (Wildman–Crippen MR) is 94.4 cm³/mol. The minimum Gasteiger partial charge on any atom is -0.268 e. The van der Waals surface area contributed by atoms with Crippen LogP contribution in [0.15, 0.2) is 53.4 Å². The molecule has 0 aromatic heterocycles. The van der Waals surface area contributed by atoms with Gasteiger partial charge in [-0.25, -0.2) is 0 Å². The van der Waals surface area contributed by atoms with Crippen molar-refractivity contribution in [2.75, 3.05) is 0 Å². The fraction of sp³-hybridized carbons (Fsp3) is 0.0588. The average Bonchev–Trinajstić information content (AvgIpc) is 2.77. The predicted octanol–water partition coefficient (Wildman–Crippen LogP) is 5.23. The lowest BCUT2D eigenvalue weighted by Crippen LogP contribution is -2.27. The molecule has 3 nitrogen and oxygen atoms in total. The van der Waals surface area contributed by atoms with Crippen molar-refractivity contribution in [2.45, 2.75) is 6.54 Å². The van der Waals surface area contributed by atoms with Crippen LogP contribution in [0.5, 0.6) is 0 Å². The summed E-state index contributed by atoms with van der Waals surface area (Å²) in [5, 5.41) is 0.914. The molecular weight excluding hydrogens is 353 g/mol. The van der Waals surface area contributed by atoms with Crippen LogP contribution >= 0.6 is 35.0 Å². The van der Waals surface area contributed by atoms with Gasteiger partial charge < -0.3 is 0 Å². The molecule has 0 bridgehead atoms. The maximum Gasteiger partial charge on any atom is 0.293 e. The summed E-state index contributed by atoms with van der Waals surface area (Å²) in [5.74, 6) is -0.296. The number of hydrogen-bond donors (Lipinski definition) is 0. The number of halogens is 2. The van der Waals surface area contributed by atoms with Gasteiger partial charge in [0.2, 0.25) is 0 Å². The maximum absolute atomic E-state index is 12.4. The van der Waals surface area contributed by atoms with Crippen molar-refractivity contribution in [2.24, 2.45) is 0 Å². The number of hydrogen-bond acceptors (Lipinski definition) is 3. The largest absolute Gasteiger partial charge is 0.293 e. The summed E-state index contributed by atoms with van der Waals surface area (Å²) < 4.78 is 0. The van der Waals surface area contributed by atoms with Crippen molar-refractivity contribution in [3.8, 4) is 0 Å². The van der Waals surface area contributed by atoms with Crippen LogP contribution in [-0.2, 0) is 11.3 Å². The third-order valence-corrected chi connectivity index (χ3v) is 4.67. The van der Waals surface area contributed by atoms with Crippen molar-refractivity contribution in [1.29, 1.82) is 0 Å². The molecule has 0 aliphatic carbocycles. The third kappa shape index (κ3) is 3.78. The maximum atomic E-state index is 12.4. The Morgan fingerprint density at radius 3 is 2.43 bits per heavy atom. The third-order valence-electron chi connectivity index (χ3n) is 3.27. The van der Waals surface area contributed by atoms with E-state index in [9.17, 15) is 9.59 Å². The van der Waals surface area contributed by atoms with Crippen molar-refractivity contribution in [1.82, 2.24) is 4.90 Å². The zero-order valence-corrected chi connectivity index (χ0v) is 14.2. The summed E-state index contributed by atoms with van der Waals surface area (Å²) in [7, 11) is 0. The Bertz CT molecular complexity index is 802. The van der Waals surface area contributed by atoms with E-state index in [1.807, 2.05) is 6.07 Å². The first-order chi connectivity index (χ1) is 11.0. The lowest BCUT2D eigenvalue weighted by Gasteiger charge is -2.12. The second kappa shape index (κ2) is 6.79. The fourth-order valence-corrected chi connectivity index (χ4v) is 3.34. The number of thioether (sulfide) groups is 1. The highest BCUT2D eigenvalue weighted by atomic mass is 35.5. The summed E-state index contributed by atoms with van der Waals surface area (Å²) in [5.41, 5.74) is 1.63. The molecule has 1 aliphatic heterocycles. The van der Waals surface area contributed by atoms with Crippen molar-refractivity contribution in [3.63, 3.8) is 0 Å². The highest BCUT2D eigenvalue weighted by molar-refractivity contribution is 8.18. The number of amides is 2. The molecule has 23 heavy (non-hydrogen) atoms. The normalized spacial score (nSPS) is 16.4. The Balaban J connectivity index is 1.81. The van der Waals surface area contributed by atoms with Gasteiger partial charge in [-0.2, -0.15) is 0 Å². The van der Waals surface area contributed by atoms with Crippen LogP contribution in [0.2, 0.25) is 10.0 Å². The number of imide groups is 1. The molecule has 0 atom stereocenters. The van der Waals surface area contributed by atoms with Gasteiger partial charge >= 0.3 is 0 Å². The fourth-order valence-electron chi connectivity index (χ4n) is 2.16. The van der Waals surface area contributed by atoms with Gasteiger partial charge in [0.05, 0.1) is 11.4 Å². The van der Waals surface area contributed by atoms with Crippen molar-refractivity contribution < 1.29 is 9.59 Å². The summed E-state index contributed by atoms with van der Waals surface area (Å²) in [6, 6.07) is 14.2. The number of carbonyl (C=O) groups is 2. The zero-order valence-electron chi connectivity index (χ0n) is 11.8. The van der Waals surface area contributed by atoms with Crippen LogP contribution in [0.1, 0.15) is 11.1 Å². The summed E-state index contributed by atoms with van der Waals surface area (Å²) >= 11 is 12.7. The Kier molecular flexibility index (Phi) is 4.76. The molecule has 0 saturated carbocycles. The van der Waals surface area contributed by atoms with E-state index in [1.54, 1.807) is 48.5 Å². The SMILES string of the molecule is O=C1S/C(=C\c2ccc(Cl)cc2)C(=O)N1Cc1cccc(Cl)c1. The van der Waals surface area contributed by atoms with Crippen LogP contribution in [0.3, 0.4) is 0 Å². The lowest BCUT2D eigenvalue weighted by molar-refractivity contribution is -0.123. The van der Waals surface area contributed by atoms with E-state index in [4.69, 9.17) is 23.2 Å². The van der Waals surface area contributed by atoms with Crippen LogP contribution in [0.25, 0.3) is 6.08 Å². The Hall–Kier alpha value is -1.75. The van der Waals surface area contributed by atoms with Gasteiger partial charge in [-0.1, -0.05) is 47.5 Å². The molecule has 2 amide bonds. The van der Waals surface area contributed by atoms with Crippen LogP contribution in [-0.4, -0.2) is 16.0 Å². The Morgan fingerprint density at radius 2 is 1.74 bits per heavy atom. The zero-order chi connectivity index (χ0) is 16.4. The van der Waals surface area contributed by atoms with Gasteiger partial charge in [0.1, 0.15) is 0 Å². The smallest absolute Gasteiger partial charge is 0.268 e. The van der Waals surface area contributed by atoms with E-state index in [2.05, 4.69) is 0 Å². The van der Waals surface area contributed by atoms with E-state index in [1.165, 1.54) is 4.90 Å². The molecule has 0 unspecified atom stereocenters. The average molecular weight is 364 g/mol. The first kappa shape index (κ1) is 16.1. The van der Waals surface area contributed by atoms with Gasteiger partial charge in [0.15, 0.2) is 0 Å². The standard InChI is InChI=1S/C17H11Cl2NO2S/c18-13-6-4-11(5-7-13)9-15-16(21)20(17(22)23-15)10-12-2-1-3-14(19)8-12/h1-9H,10H2/b15-9-. The number of nitrogens with zero attached hydrogens (tertiary/aromatic N) is 1. The van der Waals surface area contributed by atoms with Crippen molar-refractivity contribution >= 4 is 52.2 Å². The highest BCUT2D eigenvalue weighted by Crippen LogP contribution is 2.33. The summed E-state index contributed by atoms with van der Waals surface area (Å²) in [6.07, 6.45) is 1.69. The van der Waals surface area contributed by atoms with E-state index in [0.29, 0.717) is 15.0 Å². The monoisotopic (exact) mass is 363 g/mol. The second-order valence-electron chi connectivity index (χ2n) is 4.95. The molecule has 1 saturated heterocycles. The molecule has 1 heterocycles. The summed E-state index contributed by atoms with van der Waals surface area (Å²) in [4.78, 5) is 26.2. The molecule has 1 aliphatic rings. The van der Waals surface area contributed by atoms with Crippen LogP contribution < -0.4 is 0 Å². The molecule has 1 fully saturated rings. The molecule has 3 rings (SSSR count). The first-order valence-electron chi connectivity index (χ1n) is 6.78. The Morgan fingerprint density at radius 1 is 1.00 bits per heavy atom. The molecule has 116 valence electrons. The van der Waals surface area contributed by atoms with Crippen molar-refractivity contribution in [3.05, 3.63) is 74.6 Å². The van der Waals surface area contributed by atoms with Gasteiger partial charge in [0.25, 0.3) is 11.1 Å². The lowest BCUT2D eigenvalue weighted by atomic mass is 10.2. The molecule has 0 radical (unpaired) electrons. The topological polar surface area (TPSA) is 37.4 Å². The van der Waals surface area contributed by atoms with Gasteiger partial charge in [0, 0.05) is 10.0 Å². The van der Waals surface area contributed by atoms with E-state index >= 15 is 0 Å². The van der Waals surface area contributed by atoms with Gasteiger partial charge in [-0.15, -0.1) is 0 Å². The minimum atomic E-state index is -0.296. The second-order valence-corrected chi connectivity index (χ2v) is 6.82. The Labute approximate surface area is 147 Å². The molecule has 2 aromatic carbocycles. The minimum absolute atomic E-state index is 0.211. The summed E-state index contributed by atoms with van der Waals surface area (Å²) in [6.45, 7) is 0.211. The molecule has 0 N–H and O–H groups in total. The van der Waals surface area contributed by atoms with E-state index < -0.39 is 0 Å². The highest BCUT2D eigenvalue weighted by Gasteiger charge is 2.34. The number of carbonyl (C=O) groups excluding carboxylic acids is 2. The molecule has 2 aromatic rings. The van der Waals surface area contributed by atoms with Crippen LogP contribution in [0.4, 0.5) is 4.79 Å². The number of benzene rings is 2. The molecular formula is C17H11Cl2NO2S. The molecule has 6 heteroatoms. The van der Waals surface area contributed by atoms with E-state index in [-0.39, 0.29) is 17.7 Å². The quantitative estimate of drug-likeness (QED) is 0.700. The first-order valence-corrected chi connectivity index (χ1v) is 8.35.